The molecule has 3 rings (SSSR count). The Morgan fingerprint density at radius 3 is 2.46 bits per heavy atom. The number of piperazine rings is 1. The van der Waals surface area contributed by atoms with Crippen LogP contribution in [0.4, 0.5) is 5.69 Å². The lowest BCUT2D eigenvalue weighted by Crippen LogP contribution is -2.46. The number of nitrogens with zero attached hydrogens (tertiary/aromatic N) is 3. The zero-order chi connectivity index (χ0) is 16.8. The molecule has 1 saturated heterocycles. The van der Waals surface area contributed by atoms with Gasteiger partial charge >= 0.3 is 0 Å². The van der Waals surface area contributed by atoms with Gasteiger partial charge in [-0.1, -0.05) is 30.3 Å². The Bertz CT molecular complexity index is 715. The topological polar surface area (TPSA) is 39.5 Å². The first-order valence-electron chi connectivity index (χ1n) is 8.49. The van der Waals surface area contributed by atoms with Crippen LogP contribution in [0.5, 0.6) is 5.75 Å². The highest BCUT2D eigenvalue weighted by atomic mass is 16.5. The predicted molar refractivity (Wildman–Crippen MR) is 96.3 cm³/mol. The van der Waals surface area contributed by atoms with Gasteiger partial charge in [-0.2, -0.15) is 5.26 Å². The summed E-state index contributed by atoms with van der Waals surface area (Å²) >= 11 is 0. The third kappa shape index (κ3) is 3.69. The van der Waals surface area contributed by atoms with Crippen LogP contribution in [0.2, 0.25) is 0 Å². The largest absolute Gasteiger partial charge is 0.492 e. The van der Waals surface area contributed by atoms with Crippen LogP contribution >= 0.6 is 0 Å². The minimum absolute atomic E-state index is 0.682. The Hall–Kier alpha value is -2.51. The highest BCUT2D eigenvalue weighted by Gasteiger charge is 2.20. The molecule has 1 aliphatic rings. The molecule has 4 heteroatoms. The quantitative estimate of drug-likeness (QED) is 0.847. The fraction of sp³-hybridized carbons (Fsp3) is 0.350. The summed E-state index contributed by atoms with van der Waals surface area (Å²) in [4.78, 5) is 4.80. The second-order valence-electron chi connectivity index (χ2n) is 5.93. The van der Waals surface area contributed by atoms with Crippen LogP contribution in [0.15, 0.2) is 48.5 Å². The minimum atomic E-state index is 0.682. The molecular weight excluding hydrogens is 298 g/mol. The van der Waals surface area contributed by atoms with Gasteiger partial charge in [-0.15, -0.1) is 0 Å². The van der Waals surface area contributed by atoms with E-state index in [1.165, 1.54) is 5.69 Å². The van der Waals surface area contributed by atoms with Crippen molar-refractivity contribution in [3.05, 3.63) is 59.7 Å². The van der Waals surface area contributed by atoms with Crippen molar-refractivity contribution in [1.29, 1.82) is 5.26 Å². The Kier molecular flexibility index (Phi) is 5.35. The molecule has 0 amide bonds. The maximum atomic E-state index is 9.23. The zero-order valence-corrected chi connectivity index (χ0v) is 14.1. The Morgan fingerprint density at radius 2 is 1.71 bits per heavy atom. The van der Waals surface area contributed by atoms with Crippen molar-refractivity contribution in [2.75, 3.05) is 37.7 Å². The third-order valence-electron chi connectivity index (χ3n) is 4.41. The first-order chi connectivity index (χ1) is 11.8. The molecule has 2 aromatic carbocycles. The summed E-state index contributed by atoms with van der Waals surface area (Å²) in [6.45, 7) is 7.45. The van der Waals surface area contributed by atoms with Crippen molar-refractivity contribution in [3.8, 4) is 11.8 Å². The molecule has 4 nitrogen and oxygen atoms in total. The number of ether oxygens (including phenoxy) is 1. The summed E-state index contributed by atoms with van der Waals surface area (Å²) in [5, 5.41) is 9.23. The van der Waals surface area contributed by atoms with Gasteiger partial charge in [-0.3, -0.25) is 4.90 Å². The van der Waals surface area contributed by atoms with Gasteiger partial charge in [0.25, 0.3) is 0 Å². The second-order valence-corrected chi connectivity index (χ2v) is 5.93. The molecule has 0 N–H and O–H groups in total. The van der Waals surface area contributed by atoms with Gasteiger partial charge in [0.1, 0.15) is 5.75 Å². The SMILES string of the molecule is CCOc1ccccc1N1CCN(Cc2ccccc2C#N)CC1. The van der Waals surface area contributed by atoms with Crippen LogP contribution in [0, 0.1) is 11.3 Å². The van der Waals surface area contributed by atoms with Gasteiger partial charge in [-0.25, -0.2) is 0 Å². The molecule has 0 saturated carbocycles. The van der Waals surface area contributed by atoms with Crippen LogP contribution in [0.1, 0.15) is 18.1 Å². The smallest absolute Gasteiger partial charge is 0.142 e. The first-order valence-corrected chi connectivity index (χ1v) is 8.49. The second kappa shape index (κ2) is 7.85. The van der Waals surface area contributed by atoms with E-state index in [1.54, 1.807) is 0 Å². The first kappa shape index (κ1) is 16.4. The van der Waals surface area contributed by atoms with Gasteiger partial charge in [0.05, 0.1) is 23.9 Å². The highest BCUT2D eigenvalue weighted by molar-refractivity contribution is 5.58. The summed E-state index contributed by atoms with van der Waals surface area (Å²) in [5.41, 5.74) is 3.07. The van der Waals surface area contributed by atoms with E-state index in [-0.39, 0.29) is 0 Å². The van der Waals surface area contributed by atoms with Gasteiger partial charge in [-0.05, 0) is 30.7 Å². The lowest BCUT2D eigenvalue weighted by atomic mass is 10.1. The number of anilines is 1. The molecule has 0 spiro atoms. The van der Waals surface area contributed by atoms with Crippen LogP contribution < -0.4 is 9.64 Å². The number of rotatable bonds is 5. The maximum absolute atomic E-state index is 9.23. The molecule has 0 aromatic heterocycles. The summed E-state index contributed by atoms with van der Waals surface area (Å²) in [5.74, 6) is 0.961. The van der Waals surface area contributed by atoms with Crippen molar-refractivity contribution < 1.29 is 4.74 Å². The van der Waals surface area contributed by atoms with E-state index < -0.39 is 0 Å². The maximum Gasteiger partial charge on any atom is 0.142 e. The van der Waals surface area contributed by atoms with Crippen molar-refractivity contribution in [2.24, 2.45) is 0 Å². The van der Waals surface area contributed by atoms with E-state index in [1.807, 2.05) is 37.3 Å². The Morgan fingerprint density at radius 1 is 1.00 bits per heavy atom. The summed E-state index contributed by atoms with van der Waals surface area (Å²) in [7, 11) is 0. The molecule has 0 atom stereocenters. The molecular formula is C20H23N3O. The van der Waals surface area contributed by atoms with E-state index in [9.17, 15) is 5.26 Å². The molecule has 1 heterocycles. The number of nitriles is 1. The molecule has 0 aliphatic carbocycles. The average molecular weight is 321 g/mol. The fourth-order valence-corrected chi connectivity index (χ4v) is 3.15. The molecule has 0 radical (unpaired) electrons. The normalized spacial score (nSPS) is 15.1. The van der Waals surface area contributed by atoms with Crippen LogP contribution in [-0.2, 0) is 6.54 Å². The predicted octanol–water partition coefficient (Wildman–Crippen LogP) is 3.28. The van der Waals surface area contributed by atoms with Crippen molar-refractivity contribution in [2.45, 2.75) is 13.5 Å². The van der Waals surface area contributed by atoms with E-state index in [0.717, 1.165) is 49.6 Å². The number of hydrogen-bond donors (Lipinski definition) is 0. The fourth-order valence-electron chi connectivity index (χ4n) is 3.15. The summed E-state index contributed by atoms with van der Waals surface area (Å²) in [6, 6.07) is 18.4. The Balaban J connectivity index is 1.63. The van der Waals surface area contributed by atoms with Gasteiger partial charge in [0, 0.05) is 32.7 Å². The molecule has 0 unspecified atom stereocenters. The summed E-state index contributed by atoms with van der Waals surface area (Å²) < 4.78 is 5.75. The van der Waals surface area contributed by atoms with E-state index in [2.05, 4.69) is 34.1 Å². The van der Waals surface area contributed by atoms with Crippen molar-refractivity contribution in [1.82, 2.24) is 4.90 Å². The van der Waals surface area contributed by atoms with Gasteiger partial charge in [0.2, 0.25) is 0 Å². The van der Waals surface area contributed by atoms with Crippen molar-refractivity contribution >= 4 is 5.69 Å². The Labute approximate surface area is 143 Å². The molecule has 0 bridgehead atoms. The standard InChI is InChI=1S/C20H23N3O/c1-2-24-20-10-6-5-9-19(20)23-13-11-22(12-14-23)16-18-8-4-3-7-17(18)15-21/h3-10H,2,11-14,16H2,1H3. The molecule has 24 heavy (non-hydrogen) atoms. The molecule has 124 valence electrons. The molecule has 1 fully saturated rings. The van der Waals surface area contributed by atoms with Crippen LogP contribution in [0.3, 0.4) is 0 Å². The highest BCUT2D eigenvalue weighted by Crippen LogP contribution is 2.29. The van der Waals surface area contributed by atoms with Crippen LogP contribution in [-0.4, -0.2) is 37.7 Å². The number of para-hydroxylation sites is 2. The molecule has 1 aliphatic heterocycles. The van der Waals surface area contributed by atoms with Gasteiger partial charge < -0.3 is 9.64 Å². The van der Waals surface area contributed by atoms with Crippen LogP contribution in [0.25, 0.3) is 0 Å². The van der Waals surface area contributed by atoms with E-state index >= 15 is 0 Å². The minimum Gasteiger partial charge on any atom is -0.492 e. The molecule has 2 aromatic rings. The zero-order valence-electron chi connectivity index (χ0n) is 14.1. The third-order valence-corrected chi connectivity index (χ3v) is 4.41. The number of hydrogen-bond acceptors (Lipinski definition) is 4. The average Bonchev–Trinajstić information content (AvgIpc) is 2.64. The van der Waals surface area contributed by atoms with E-state index in [4.69, 9.17) is 4.74 Å². The van der Waals surface area contributed by atoms with E-state index in [0.29, 0.717) is 6.61 Å². The van der Waals surface area contributed by atoms with Crippen molar-refractivity contribution in [3.63, 3.8) is 0 Å². The lowest BCUT2D eigenvalue weighted by molar-refractivity contribution is 0.248. The summed E-state index contributed by atoms with van der Waals surface area (Å²) in [6.07, 6.45) is 0. The monoisotopic (exact) mass is 321 g/mol. The van der Waals surface area contributed by atoms with Gasteiger partial charge in [0.15, 0.2) is 0 Å². The lowest BCUT2D eigenvalue weighted by Gasteiger charge is -2.36. The number of benzene rings is 2.